The number of amides is 1. The maximum absolute atomic E-state index is 8.86. The van der Waals surface area contributed by atoms with Crippen molar-refractivity contribution in [1.82, 2.24) is 9.97 Å². The number of methoxy groups -OCH3 is 1. The second kappa shape index (κ2) is 12.2. The first-order valence-corrected chi connectivity index (χ1v) is 9.68. The summed E-state index contributed by atoms with van der Waals surface area (Å²) in [4.78, 5) is 19.8. The number of carbonyl (C=O) groups excluding carboxylic acids is 1. The molecule has 0 atom stereocenters. The Labute approximate surface area is 176 Å². The number of nitrogens with zero attached hydrogens (tertiary/aromatic N) is 3. The van der Waals surface area contributed by atoms with Gasteiger partial charge >= 0.3 is 6.01 Å². The normalized spacial score (nSPS) is 10.1. The standard InChI is InChI=1S/C21H25N3O3.CH3NO/c1-24(16-10-12-17(26-2)13-11-16)20-18-8-4-5-9-19(18)22-21(23-20)27-15-7-3-6-14-25;2-1-3/h4-5,8-13,25H,3,6-7,14-15H2,1-2H3;1H,(H2,2,3). The molecule has 0 saturated heterocycles. The number of carbonyl (C=O) groups is 1. The molecule has 160 valence electrons. The fourth-order valence-electron chi connectivity index (χ4n) is 2.84. The summed E-state index contributed by atoms with van der Waals surface area (Å²) in [5, 5.41) is 9.82. The molecule has 2 aromatic carbocycles. The fraction of sp³-hybridized carbons (Fsp3) is 0.318. The van der Waals surface area contributed by atoms with Crippen molar-refractivity contribution in [3.05, 3.63) is 48.5 Å². The van der Waals surface area contributed by atoms with E-state index in [0.29, 0.717) is 12.6 Å². The molecule has 0 radical (unpaired) electrons. The van der Waals surface area contributed by atoms with Crippen LogP contribution in [0.4, 0.5) is 11.5 Å². The van der Waals surface area contributed by atoms with E-state index in [2.05, 4.69) is 15.7 Å². The lowest BCUT2D eigenvalue weighted by atomic mass is 10.2. The highest BCUT2D eigenvalue weighted by Gasteiger charge is 2.14. The zero-order valence-electron chi connectivity index (χ0n) is 17.3. The van der Waals surface area contributed by atoms with Crippen molar-refractivity contribution in [2.45, 2.75) is 19.3 Å². The number of aliphatic hydroxyl groups excluding tert-OH is 1. The van der Waals surface area contributed by atoms with Crippen LogP contribution in [-0.4, -0.2) is 48.9 Å². The molecule has 0 aliphatic rings. The number of hydrogen-bond acceptors (Lipinski definition) is 7. The highest BCUT2D eigenvalue weighted by atomic mass is 16.5. The van der Waals surface area contributed by atoms with Crippen molar-refractivity contribution in [2.24, 2.45) is 5.73 Å². The van der Waals surface area contributed by atoms with E-state index in [9.17, 15) is 0 Å². The Bertz CT molecular complexity index is 919. The zero-order valence-corrected chi connectivity index (χ0v) is 17.3. The molecule has 8 nitrogen and oxygen atoms in total. The molecule has 30 heavy (non-hydrogen) atoms. The molecule has 3 N–H and O–H groups in total. The molecule has 3 rings (SSSR count). The monoisotopic (exact) mass is 412 g/mol. The number of aromatic nitrogens is 2. The van der Waals surface area contributed by atoms with Crippen LogP contribution in [0.2, 0.25) is 0 Å². The predicted molar refractivity (Wildman–Crippen MR) is 117 cm³/mol. The molecule has 8 heteroatoms. The molecule has 3 aromatic rings. The summed E-state index contributed by atoms with van der Waals surface area (Å²) < 4.78 is 11.0. The molecule has 0 fully saturated rings. The molecular weight excluding hydrogens is 384 g/mol. The van der Waals surface area contributed by atoms with Crippen LogP contribution in [0.1, 0.15) is 19.3 Å². The Morgan fingerprint density at radius 2 is 1.77 bits per heavy atom. The third-order valence-corrected chi connectivity index (χ3v) is 4.37. The predicted octanol–water partition coefficient (Wildman–Crippen LogP) is 3.05. The van der Waals surface area contributed by atoms with Crippen molar-refractivity contribution in [3.8, 4) is 11.8 Å². The van der Waals surface area contributed by atoms with Crippen LogP contribution >= 0.6 is 0 Å². The summed E-state index contributed by atoms with van der Waals surface area (Å²) >= 11 is 0. The van der Waals surface area contributed by atoms with Gasteiger partial charge < -0.3 is 25.2 Å². The van der Waals surface area contributed by atoms with Gasteiger partial charge in [0.2, 0.25) is 6.41 Å². The van der Waals surface area contributed by atoms with Crippen LogP contribution < -0.4 is 20.1 Å². The van der Waals surface area contributed by atoms with E-state index in [4.69, 9.17) is 19.4 Å². The number of para-hydroxylation sites is 1. The van der Waals surface area contributed by atoms with Gasteiger partial charge in [-0.1, -0.05) is 12.1 Å². The van der Waals surface area contributed by atoms with Gasteiger partial charge in [-0.25, -0.2) is 0 Å². The van der Waals surface area contributed by atoms with Gasteiger partial charge in [0.1, 0.15) is 11.6 Å². The van der Waals surface area contributed by atoms with Gasteiger partial charge in [-0.3, -0.25) is 4.79 Å². The summed E-state index contributed by atoms with van der Waals surface area (Å²) in [7, 11) is 3.63. The number of aliphatic hydroxyl groups is 1. The molecule has 1 amide bonds. The molecule has 1 aromatic heterocycles. The highest BCUT2D eigenvalue weighted by molar-refractivity contribution is 5.91. The van der Waals surface area contributed by atoms with Gasteiger partial charge in [0.05, 0.1) is 19.2 Å². The second-order valence-corrected chi connectivity index (χ2v) is 6.37. The van der Waals surface area contributed by atoms with E-state index >= 15 is 0 Å². The van der Waals surface area contributed by atoms with Crippen molar-refractivity contribution in [2.75, 3.05) is 32.3 Å². The van der Waals surface area contributed by atoms with E-state index in [1.165, 1.54) is 0 Å². The SMILES string of the molecule is COc1ccc(N(C)c2nc(OCCCCCO)nc3ccccc23)cc1.NC=O. The van der Waals surface area contributed by atoms with Crippen molar-refractivity contribution >= 4 is 28.8 Å². The van der Waals surface area contributed by atoms with Crippen LogP contribution in [-0.2, 0) is 4.79 Å². The van der Waals surface area contributed by atoms with Crippen molar-refractivity contribution < 1.29 is 19.4 Å². The Morgan fingerprint density at radius 1 is 1.07 bits per heavy atom. The topological polar surface area (TPSA) is 111 Å². The van der Waals surface area contributed by atoms with Crippen molar-refractivity contribution in [3.63, 3.8) is 0 Å². The fourth-order valence-corrected chi connectivity index (χ4v) is 2.84. The zero-order chi connectivity index (χ0) is 21.8. The first-order valence-electron chi connectivity index (χ1n) is 9.68. The van der Waals surface area contributed by atoms with E-state index in [0.717, 1.165) is 47.4 Å². The Balaban J connectivity index is 0.00000101. The van der Waals surface area contributed by atoms with Gasteiger partial charge in [0.25, 0.3) is 0 Å². The molecule has 0 unspecified atom stereocenters. The molecule has 0 spiro atoms. The van der Waals surface area contributed by atoms with Gasteiger partial charge in [-0.05, 0) is 55.7 Å². The number of unbranched alkanes of at least 4 members (excludes halogenated alkanes) is 2. The molecular formula is C22H28N4O4. The molecule has 0 saturated carbocycles. The highest BCUT2D eigenvalue weighted by Crippen LogP contribution is 2.31. The summed E-state index contributed by atoms with van der Waals surface area (Å²) in [5.41, 5.74) is 6.00. The number of hydrogen-bond donors (Lipinski definition) is 2. The van der Waals surface area contributed by atoms with Gasteiger partial charge in [-0.2, -0.15) is 9.97 Å². The summed E-state index contributed by atoms with van der Waals surface area (Å²) in [6, 6.07) is 16.1. The Morgan fingerprint density at radius 3 is 2.43 bits per heavy atom. The number of benzene rings is 2. The first-order chi connectivity index (χ1) is 14.6. The number of primary amides is 1. The Hall–Kier alpha value is -3.39. The third kappa shape index (κ3) is 6.31. The summed E-state index contributed by atoms with van der Waals surface area (Å²) in [5.74, 6) is 1.60. The lowest BCUT2D eigenvalue weighted by molar-refractivity contribution is -0.106. The van der Waals surface area contributed by atoms with Gasteiger partial charge in [-0.15, -0.1) is 0 Å². The number of nitrogens with two attached hydrogens (primary N) is 1. The average Bonchev–Trinajstić information content (AvgIpc) is 2.78. The van der Waals surface area contributed by atoms with Crippen LogP contribution in [0, 0.1) is 0 Å². The van der Waals surface area contributed by atoms with Crippen LogP contribution in [0.15, 0.2) is 48.5 Å². The van der Waals surface area contributed by atoms with Crippen LogP contribution in [0.5, 0.6) is 11.8 Å². The number of fused-ring (bicyclic) bond motifs is 1. The van der Waals surface area contributed by atoms with Crippen molar-refractivity contribution in [1.29, 1.82) is 0 Å². The maximum Gasteiger partial charge on any atom is 0.318 e. The minimum absolute atomic E-state index is 0.212. The first kappa shape index (κ1) is 22.9. The van der Waals surface area contributed by atoms with Crippen LogP contribution in [0.25, 0.3) is 10.9 Å². The number of anilines is 2. The lowest BCUT2D eigenvalue weighted by Gasteiger charge is -2.21. The van der Waals surface area contributed by atoms with Gasteiger partial charge in [0.15, 0.2) is 0 Å². The van der Waals surface area contributed by atoms with E-state index in [1.807, 2.05) is 60.5 Å². The van der Waals surface area contributed by atoms with Crippen LogP contribution in [0.3, 0.4) is 0 Å². The average molecular weight is 412 g/mol. The van der Waals surface area contributed by atoms with E-state index in [-0.39, 0.29) is 13.0 Å². The molecule has 0 aliphatic carbocycles. The van der Waals surface area contributed by atoms with E-state index < -0.39 is 0 Å². The smallest absolute Gasteiger partial charge is 0.318 e. The largest absolute Gasteiger partial charge is 0.497 e. The molecule has 0 aliphatic heterocycles. The number of rotatable bonds is 9. The Kier molecular flexibility index (Phi) is 9.33. The third-order valence-electron chi connectivity index (χ3n) is 4.37. The molecule has 1 heterocycles. The summed E-state index contributed by atoms with van der Waals surface area (Å²) in [6.45, 7) is 0.743. The van der Waals surface area contributed by atoms with Gasteiger partial charge in [0, 0.05) is 24.7 Å². The summed E-state index contributed by atoms with van der Waals surface area (Å²) in [6.07, 6.45) is 2.82. The minimum Gasteiger partial charge on any atom is -0.497 e. The maximum atomic E-state index is 8.86. The quantitative estimate of drug-likeness (QED) is 0.410. The molecule has 0 bridgehead atoms. The lowest BCUT2D eigenvalue weighted by Crippen LogP contribution is -2.13. The second-order valence-electron chi connectivity index (χ2n) is 6.37. The van der Waals surface area contributed by atoms with E-state index in [1.54, 1.807) is 7.11 Å². The number of ether oxygens (including phenoxy) is 2. The minimum atomic E-state index is 0.212.